The number of aryl methyl sites for hydroxylation is 1. The van der Waals surface area contributed by atoms with Crippen LogP contribution in [0.3, 0.4) is 0 Å². The van der Waals surface area contributed by atoms with Gasteiger partial charge in [-0.15, -0.1) is 0 Å². The number of methoxy groups -OCH3 is 1. The second kappa shape index (κ2) is 8.74. The molecule has 0 heterocycles. The van der Waals surface area contributed by atoms with Crippen LogP contribution < -0.4 is 4.74 Å². The SMILES string of the molecule is C=C1CCCC(CCc2cc(-c3ccc4cc(C(=O)O)ccc4c3)ccc2OC)C1. The van der Waals surface area contributed by atoms with Gasteiger partial charge in [0.1, 0.15) is 5.75 Å². The first-order valence-electron chi connectivity index (χ1n) is 10.6. The van der Waals surface area contributed by atoms with Gasteiger partial charge < -0.3 is 9.84 Å². The summed E-state index contributed by atoms with van der Waals surface area (Å²) in [5.41, 5.74) is 5.23. The maximum atomic E-state index is 11.2. The number of carboxylic acid groups (broad SMARTS) is 1. The van der Waals surface area contributed by atoms with Crippen LogP contribution in [0.15, 0.2) is 66.7 Å². The Labute approximate surface area is 178 Å². The van der Waals surface area contributed by atoms with E-state index in [2.05, 4.69) is 36.9 Å². The second-order valence-electron chi connectivity index (χ2n) is 8.36. The highest BCUT2D eigenvalue weighted by Gasteiger charge is 2.17. The summed E-state index contributed by atoms with van der Waals surface area (Å²) in [6.07, 6.45) is 7.07. The maximum absolute atomic E-state index is 11.2. The van der Waals surface area contributed by atoms with Crippen molar-refractivity contribution in [2.75, 3.05) is 7.11 Å². The van der Waals surface area contributed by atoms with E-state index in [4.69, 9.17) is 4.74 Å². The molecule has 0 radical (unpaired) electrons. The summed E-state index contributed by atoms with van der Waals surface area (Å²) in [6.45, 7) is 4.19. The zero-order chi connectivity index (χ0) is 21.1. The standard InChI is InChI=1S/C27H28O3/c1-18-4-3-5-19(14-18)6-7-24-16-23(12-13-26(24)30-2)20-8-9-22-17-25(27(28)29)11-10-21(22)15-20/h8-13,15-17,19H,1,3-7,14H2,2H3,(H,28,29). The fraction of sp³-hybridized carbons (Fsp3) is 0.296. The molecule has 1 aliphatic rings. The van der Waals surface area contributed by atoms with E-state index in [-0.39, 0.29) is 0 Å². The molecule has 1 atom stereocenters. The van der Waals surface area contributed by atoms with E-state index >= 15 is 0 Å². The number of rotatable bonds is 6. The Morgan fingerprint density at radius 1 is 1.07 bits per heavy atom. The zero-order valence-electron chi connectivity index (χ0n) is 17.5. The fourth-order valence-electron chi connectivity index (χ4n) is 4.57. The molecule has 4 rings (SSSR count). The van der Waals surface area contributed by atoms with E-state index in [9.17, 15) is 9.90 Å². The topological polar surface area (TPSA) is 46.5 Å². The molecule has 0 aromatic heterocycles. The number of hydrogen-bond acceptors (Lipinski definition) is 2. The first-order chi connectivity index (χ1) is 14.5. The normalized spacial score (nSPS) is 16.6. The van der Waals surface area contributed by atoms with Crippen LogP contribution in [0.4, 0.5) is 0 Å². The van der Waals surface area contributed by atoms with Gasteiger partial charge in [0.15, 0.2) is 0 Å². The number of ether oxygens (including phenoxy) is 1. The molecular weight excluding hydrogens is 372 g/mol. The number of carboxylic acids is 1. The number of fused-ring (bicyclic) bond motifs is 1. The molecule has 3 aromatic rings. The summed E-state index contributed by atoms with van der Waals surface area (Å²) >= 11 is 0. The Morgan fingerprint density at radius 3 is 2.57 bits per heavy atom. The lowest BCUT2D eigenvalue weighted by atomic mass is 9.82. The molecule has 30 heavy (non-hydrogen) atoms. The average molecular weight is 401 g/mol. The number of hydrogen-bond donors (Lipinski definition) is 1. The molecule has 1 aliphatic carbocycles. The Hall–Kier alpha value is -3.07. The summed E-state index contributed by atoms with van der Waals surface area (Å²) in [7, 11) is 1.73. The van der Waals surface area contributed by atoms with E-state index in [0.29, 0.717) is 5.56 Å². The molecule has 0 bridgehead atoms. The van der Waals surface area contributed by atoms with Gasteiger partial charge in [-0.05, 0) is 102 Å². The van der Waals surface area contributed by atoms with Gasteiger partial charge >= 0.3 is 5.97 Å². The van der Waals surface area contributed by atoms with Crippen molar-refractivity contribution in [1.29, 1.82) is 0 Å². The van der Waals surface area contributed by atoms with Crippen molar-refractivity contribution in [2.24, 2.45) is 5.92 Å². The van der Waals surface area contributed by atoms with Crippen LogP contribution in [-0.4, -0.2) is 18.2 Å². The van der Waals surface area contributed by atoms with E-state index in [1.54, 1.807) is 19.2 Å². The Kier molecular flexibility index (Phi) is 5.89. The van der Waals surface area contributed by atoms with Crippen LogP contribution in [-0.2, 0) is 6.42 Å². The van der Waals surface area contributed by atoms with Crippen molar-refractivity contribution in [2.45, 2.75) is 38.5 Å². The van der Waals surface area contributed by atoms with Crippen molar-refractivity contribution in [3.63, 3.8) is 0 Å². The van der Waals surface area contributed by atoms with Crippen LogP contribution in [0.2, 0.25) is 0 Å². The van der Waals surface area contributed by atoms with Gasteiger partial charge in [0.25, 0.3) is 0 Å². The number of carbonyl (C=O) groups is 1. The monoisotopic (exact) mass is 400 g/mol. The van der Waals surface area contributed by atoms with Crippen molar-refractivity contribution >= 4 is 16.7 Å². The van der Waals surface area contributed by atoms with E-state index < -0.39 is 5.97 Å². The Bertz CT molecular complexity index is 1100. The second-order valence-corrected chi connectivity index (χ2v) is 8.36. The highest BCUT2D eigenvalue weighted by molar-refractivity contribution is 5.95. The molecule has 1 saturated carbocycles. The van der Waals surface area contributed by atoms with Gasteiger partial charge in [0.2, 0.25) is 0 Å². The molecule has 0 spiro atoms. The van der Waals surface area contributed by atoms with E-state index in [0.717, 1.165) is 52.8 Å². The number of aromatic carboxylic acids is 1. The van der Waals surface area contributed by atoms with Crippen LogP contribution >= 0.6 is 0 Å². The molecule has 0 amide bonds. The van der Waals surface area contributed by atoms with Gasteiger partial charge in [-0.2, -0.15) is 0 Å². The molecule has 154 valence electrons. The summed E-state index contributed by atoms with van der Waals surface area (Å²) in [6, 6.07) is 17.8. The lowest BCUT2D eigenvalue weighted by molar-refractivity contribution is 0.0697. The molecule has 3 aromatic carbocycles. The van der Waals surface area contributed by atoms with Crippen molar-refractivity contribution in [3.8, 4) is 16.9 Å². The fourth-order valence-corrected chi connectivity index (χ4v) is 4.57. The molecular formula is C27H28O3. The first-order valence-corrected chi connectivity index (χ1v) is 10.6. The van der Waals surface area contributed by atoms with Gasteiger partial charge in [-0.3, -0.25) is 0 Å². The molecule has 0 saturated heterocycles. The van der Waals surface area contributed by atoms with Gasteiger partial charge in [0.05, 0.1) is 12.7 Å². The Balaban J connectivity index is 1.59. The molecule has 1 unspecified atom stereocenters. The lowest BCUT2D eigenvalue weighted by Crippen LogP contribution is -2.09. The predicted octanol–water partition coefficient (Wildman–Crippen LogP) is 6.89. The van der Waals surface area contributed by atoms with Crippen LogP contribution in [0.1, 0.15) is 48.0 Å². The lowest BCUT2D eigenvalue weighted by Gasteiger charge is -2.23. The molecule has 3 nitrogen and oxygen atoms in total. The van der Waals surface area contributed by atoms with E-state index in [1.165, 1.54) is 30.4 Å². The predicted molar refractivity (Wildman–Crippen MR) is 122 cm³/mol. The minimum atomic E-state index is -0.901. The van der Waals surface area contributed by atoms with Crippen molar-refractivity contribution in [3.05, 3.63) is 77.9 Å². The summed E-state index contributed by atoms with van der Waals surface area (Å²) in [4.78, 5) is 11.2. The summed E-state index contributed by atoms with van der Waals surface area (Å²) in [5, 5.41) is 11.2. The number of allylic oxidation sites excluding steroid dienone is 1. The maximum Gasteiger partial charge on any atom is 0.335 e. The van der Waals surface area contributed by atoms with Gasteiger partial charge in [-0.1, -0.05) is 36.4 Å². The van der Waals surface area contributed by atoms with Crippen LogP contribution in [0.25, 0.3) is 21.9 Å². The molecule has 1 N–H and O–H groups in total. The highest BCUT2D eigenvalue weighted by Crippen LogP contribution is 2.34. The highest BCUT2D eigenvalue weighted by atomic mass is 16.5. The Morgan fingerprint density at radius 2 is 1.80 bits per heavy atom. The van der Waals surface area contributed by atoms with E-state index in [1.807, 2.05) is 12.1 Å². The third-order valence-electron chi connectivity index (χ3n) is 6.24. The minimum Gasteiger partial charge on any atom is -0.496 e. The zero-order valence-corrected chi connectivity index (χ0v) is 17.5. The largest absolute Gasteiger partial charge is 0.496 e. The van der Waals surface area contributed by atoms with Gasteiger partial charge in [0, 0.05) is 0 Å². The summed E-state index contributed by atoms with van der Waals surface area (Å²) in [5.74, 6) is 0.770. The third-order valence-corrected chi connectivity index (χ3v) is 6.24. The number of benzene rings is 3. The third kappa shape index (κ3) is 4.40. The minimum absolute atomic E-state index is 0.312. The van der Waals surface area contributed by atoms with Crippen LogP contribution in [0, 0.1) is 5.92 Å². The quantitative estimate of drug-likeness (QED) is 0.458. The smallest absolute Gasteiger partial charge is 0.335 e. The molecule has 3 heteroatoms. The average Bonchev–Trinajstić information content (AvgIpc) is 2.76. The molecule has 0 aliphatic heterocycles. The summed E-state index contributed by atoms with van der Waals surface area (Å²) < 4.78 is 5.63. The van der Waals surface area contributed by atoms with Crippen molar-refractivity contribution in [1.82, 2.24) is 0 Å². The van der Waals surface area contributed by atoms with Gasteiger partial charge in [-0.25, -0.2) is 4.79 Å². The first kappa shape index (κ1) is 20.2. The van der Waals surface area contributed by atoms with Crippen LogP contribution in [0.5, 0.6) is 5.75 Å². The molecule has 1 fully saturated rings. The van der Waals surface area contributed by atoms with Crippen molar-refractivity contribution < 1.29 is 14.6 Å².